The number of rotatable bonds is 10. The van der Waals surface area contributed by atoms with Crippen molar-refractivity contribution in [2.75, 3.05) is 18.5 Å². The molecule has 0 aliphatic rings. The predicted molar refractivity (Wildman–Crippen MR) is 79.9 cm³/mol. The van der Waals surface area contributed by atoms with Crippen LogP contribution in [0.4, 0.5) is 5.69 Å². The van der Waals surface area contributed by atoms with Gasteiger partial charge in [0.25, 0.3) is 5.69 Å². The van der Waals surface area contributed by atoms with Crippen molar-refractivity contribution >= 4 is 21.6 Å². The molecule has 0 unspecified atom stereocenters. The molecule has 106 valence electrons. The van der Waals surface area contributed by atoms with Crippen molar-refractivity contribution < 1.29 is 9.66 Å². The second-order valence-corrected chi connectivity index (χ2v) is 5.18. The van der Waals surface area contributed by atoms with Crippen LogP contribution in [-0.2, 0) is 11.2 Å². The first-order valence-electron chi connectivity index (χ1n) is 6.61. The minimum absolute atomic E-state index is 0.136. The van der Waals surface area contributed by atoms with Crippen molar-refractivity contribution in [3.05, 3.63) is 39.9 Å². The zero-order chi connectivity index (χ0) is 13.9. The fourth-order valence-corrected chi connectivity index (χ4v) is 2.13. The molecular formula is C14H20BrNO3. The second kappa shape index (κ2) is 9.92. The maximum absolute atomic E-state index is 10.5. The average molecular weight is 330 g/mol. The molecule has 0 aromatic heterocycles. The molecule has 4 nitrogen and oxygen atoms in total. The minimum atomic E-state index is -0.382. The van der Waals surface area contributed by atoms with E-state index >= 15 is 0 Å². The number of hydrogen-bond donors (Lipinski definition) is 0. The second-order valence-electron chi connectivity index (χ2n) is 4.39. The van der Waals surface area contributed by atoms with Crippen molar-refractivity contribution in [3.63, 3.8) is 0 Å². The number of unbranched alkanes of at least 4 members (excludes halogenated alkanes) is 3. The van der Waals surface area contributed by atoms with Crippen molar-refractivity contribution in [2.24, 2.45) is 0 Å². The first-order chi connectivity index (χ1) is 9.24. The topological polar surface area (TPSA) is 52.4 Å². The zero-order valence-electron chi connectivity index (χ0n) is 11.0. The van der Waals surface area contributed by atoms with E-state index < -0.39 is 0 Å². The lowest BCUT2D eigenvalue weighted by atomic mass is 10.1. The maximum atomic E-state index is 10.5. The number of hydrogen-bond acceptors (Lipinski definition) is 3. The van der Waals surface area contributed by atoms with Gasteiger partial charge in [-0.1, -0.05) is 40.9 Å². The first-order valence-corrected chi connectivity index (χ1v) is 7.73. The number of nitro benzene ring substituents is 1. The highest BCUT2D eigenvalue weighted by Crippen LogP contribution is 2.12. The lowest BCUT2D eigenvalue weighted by molar-refractivity contribution is -0.384. The van der Waals surface area contributed by atoms with Crippen LogP contribution in [0.2, 0.25) is 0 Å². The summed E-state index contributed by atoms with van der Waals surface area (Å²) in [6, 6.07) is 6.65. The van der Waals surface area contributed by atoms with Gasteiger partial charge in [-0.15, -0.1) is 0 Å². The third-order valence-electron chi connectivity index (χ3n) is 2.85. The molecule has 0 saturated heterocycles. The van der Waals surface area contributed by atoms with Crippen molar-refractivity contribution in [3.8, 4) is 0 Å². The summed E-state index contributed by atoms with van der Waals surface area (Å²) in [4.78, 5) is 10.1. The van der Waals surface area contributed by atoms with Gasteiger partial charge in [0.05, 0.1) is 11.5 Å². The van der Waals surface area contributed by atoms with Crippen LogP contribution < -0.4 is 0 Å². The van der Waals surface area contributed by atoms with Crippen LogP contribution in [0.5, 0.6) is 0 Å². The van der Waals surface area contributed by atoms with Crippen molar-refractivity contribution in [1.29, 1.82) is 0 Å². The molecule has 0 N–H and O–H groups in total. The summed E-state index contributed by atoms with van der Waals surface area (Å²) >= 11 is 3.41. The average Bonchev–Trinajstić information content (AvgIpc) is 2.42. The van der Waals surface area contributed by atoms with Gasteiger partial charge in [0.1, 0.15) is 0 Å². The van der Waals surface area contributed by atoms with Gasteiger partial charge in [-0.05, 0) is 24.8 Å². The van der Waals surface area contributed by atoms with Gasteiger partial charge in [-0.25, -0.2) is 0 Å². The van der Waals surface area contributed by atoms with E-state index in [1.54, 1.807) is 12.1 Å². The maximum Gasteiger partial charge on any atom is 0.269 e. The molecule has 1 rings (SSSR count). The van der Waals surface area contributed by atoms with E-state index in [0.717, 1.165) is 30.3 Å². The summed E-state index contributed by atoms with van der Waals surface area (Å²) in [5.41, 5.74) is 1.21. The molecule has 0 atom stereocenters. The molecule has 1 aromatic rings. The number of halogens is 1. The number of non-ortho nitro benzene ring substituents is 1. The van der Waals surface area contributed by atoms with Crippen LogP contribution in [0.1, 0.15) is 31.2 Å². The summed E-state index contributed by atoms with van der Waals surface area (Å²) in [5.74, 6) is 0. The molecular weight excluding hydrogens is 310 g/mol. The molecule has 19 heavy (non-hydrogen) atoms. The fourth-order valence-electron chi connectivity index (χ4n) is 1.73. The summed E-state index contributed by atoms with van der Waals surface area (Å²) in [6.45, 7) is 1.48. The Kier molecular flexibility index (Phi) is 8.41. The Morgan fingerprint density at radius 1 is 1.05 bits per heavy atom. The van der Waals surface area contributed by atoms with E-state index in [0.29, 0.717) is 6.61 Å². The Morgan fingerprint density at radius 2 is 1.74 bits per heavy atom. The Hall–Kier alpha value is -0.940. The molecule has 0 spiro atoms. The molecule has 0 radical (unpaired) electrons. The first kappa shape index (κ1) is 16.1. The van der Waals surface area contributed by atoms with Crippen LogP contribution in [0.15, 0.2) is 24.3 Å². The summed E-state index contributed by atoms with van der Waals surface area (Å²) < 4.78 is 5.55. The number of alkyl halides is 1. The molecule has 1 aromatic carbocycles. The van der Waals surface area contributed by atoms with Crippen LogP contribution in [-0.4, -0.2) is 23.5 Å². The van der Waals surface area contributed by atoms with E-state index in [9.17, 15) is 10.1 Å². The highest BCUT2D eigenvalue weighted by atomic mass is 79.9. The van der Waals surface area contributed by atoms with E-state index in [-0.39, 0.29) is 10.6 Å². The largest absolute Gasteiger partial charge is 0.381 e. The predicted octanol–water partition coefficient (Wildman–Crippen LogP) is 4.11. The number of benzene rings is 1. The third-order valence-corrected chi connectivity index (χ3v) is 3.42. The molecule has 0 aliphatic carbocycles. The lowest BCUT2D eigenvalue weighted by Crippen LogP contribution is -2.00. The van der Waals surface area contributed by atoms with Crippen LogP contribution in [0.25, 0.3) is 0 Å². The van der Waals surface area contributed by atoms with E-state index in [1.807, 2.05) is 0 Å². The summed E-state index contributed by atoms with van der Waals surface area (Å²) in [7, 11) is 0. The van der Waals surface area contributed by atoms with Crippen LogP contribution >= 0.6 is 15.9 Å². The number of nitrogens with zero attached hydrogens (tertiary/aromatic N) is 1. The number of nitro groups is 1. The Balaban J connectivity index is 2.07. The van der Waals surface area contributed by atoms with E-state index in [2.05, 4.69) is 15.9 Å². The van der Waals surface area contributed by atoms with Crippen molar-refractivity contribution in [1.82, 2.24) is 0 Å². The van der Waals surface area contributed by atoms with Gasteiger partial charge >= 0.3 is 0 Å². The molecule has 0 bridgehead atoms. The summed E-state index contributed by atoms with van der Waals surface area (Å²) in [6.07, 6.45) is 5.59. The Labute approximate surface area is 122 Å². The highest BCUT2D eigenvalue weighted by molar-refractivity contribution is 9.09. The number of ether oxygens (including phenoxy) is 1. The van der Waals surface area contributed by atoms with E-state index in [1.165, 1.54) is 31.4 Å². The monoisotopic (exact) mass is 329 g/mol. The standard InChI is InChI=1S/C14H20BrNO3/c15-10-3-1-2-4-11-19-12-9-13-5-7-14(8-6-13)16(17)18/h5-8H,1-4,9-12H2. The van der Waals surface area contributed by atoms with Crippen LogP contribution in [0.3, 0.4) is 0 Å². The summed E-state index contributed by atoms with van der Waals surface area (Å²) in [5, 5.41) is 11.6. The van der Waals surface area contributed by atoms with Gasteiger partial charge in [-0.2, -0.15) is 0 Å². The van der Waals surface area contributed by atoms with Gasteiger partial charge in [0.15, 0.2) is 0 Å². The molecule has 0 fully saturated rings. The van der Waals surface area contributed by atoms with Gasteiger partial charge < -0.3 is 4.74 Å². The fraction of sp³-hybridized carbons (Fsp3) is 0.571. The van der Waals surface area contributed by atoms with Gasteiger partial charge in [-0.3, -0.25) is 10.1 Å². The highest BCUT2D eigenvalue weighted by Gasteiger charge is 2.03. The molecule has 0 amide bonds. The molecule has 0 aliphatic heterocycles. The quantitative estimate of drug-likeness (QED) is 0.281. The zero-order valence-corrected chi connectivity index (χ0v) is 12.6. The van der Waals surface area contributed by atoms with Crippen molar-refractivity contribution in [2.45, 2.75) is 32.1 Å². The minimum Gasteiger partial charge on any atom is -0.381 e. The van der Waals surface area contributed by atoms with Gasteiger partial charge in [0, 0.05) is 24.1 Å². The Morgan fingerprint density at radius 3 is 2.37 bits per heavy atom. The van der Waals surface area contributed by atoms with E-state index in [4.69, 9.17) is 4.74 Å². The molecule has 5 heteroatoms. The molecule has 0 heterocycles. The lowest BCUT2D eigenvalue weighted by Gasteiger charge is -2.04. The third kappa shape index (κ3) is 7.28. The van der Waals surface area contributed by atoms with Crippen LogP contribution in [0, 0.1) is 10.1 Å². The Bertz CT molecular complexity index is 367. The normalized spacial score (nSPS) is 10.6. The smallest absolute Gasteiger partial charge is 0.269 e. The SMILES string of the molecule is O=[N+]([O-])c1ccc(CCOCCCCCCBr)cc1. The molecule has 0 saturated carbocycles. The van der Waals surface area contributed by atoms with Gasteiger partial charge in [0.2, 0.25) is 0 Å².